The first-order valence-corrected chi connectivity index (χ1v) is 7.26. The number of likely N-dealkylation sites (tertiary alicyclic amines) is 1. The molecule has 1 amide bonds. The molecule has 0 aromatic heterocycles. The molecule has 0 bridgehead atoms. The number of carbonyl (C=O) groups is 1. The molecule has 0 unspecified atom stereocenters. The standard InChI is InChI=1S/C16H21N3O/c1-13(19-10-6-2-3-7-11-19)16(20)18-15-9-5-4-8-14(15)12-17/h4-5,8-9,13H,2-3,6-7,10-11H2,1H3,(H,18,20)/t13-/m0/s1. The number of para-hydroxylation sites is 1. The van der Waals surface area contributed by atoms with Gasteiger partial charge in [0.05, 0.1) is 17.3 Å². The Labute approximate surface area is 120 Å². The minimum Gasteiger partial charge on any atom is -0.324 e. The molecule has 1 aliphatic heterocycles. The summed E-state index contributed by atoms with van der Waals surface area (Å²) in [5.41, 5.74) is 1.10. The Kier molecular flexibility index (Phi) is 5.14. The van der Waals surface area contributed by atoms with Gasteiger partial charge < -0.3 is 5.32 Å². The summed E-state index contributed by atoms with van der Waals surface area (Å²) in [4.78, 5) is 14.6. The van der Waals surface area contributed by atoms with Crippen LogP contribution in [0.15, 0.2) is 24.3 Å². The van der Waals surface area contributed by atoms with Crippen LogP contribution in [0.5, 0.6) is 0 Å². The Balaban J connectivity index is 2.02. The van der Waals surface area contributed by atoms with Gasteiger partial charge in [0.2, 0.25) is 5.91 Å². The molecule has 106 valence electrons. The van der Waals surface area contributed by atoms with Crippen LogP contribution in [0.4, 0.5) is 5.69 Å². The highest BCUT2D eigenvalue weighted by atomic mass is 16.2. The molecule has 1 aliphatic rings. The summed E-state index contributed by atoms with van der Waals surface area (Å²) in [6, 6.07) is 9.06. The van der Waals surface area contributed by atoms with Crippen molar-refractivity contribution in [1.82, 2.24) is 4.90 Å². The Hall–Kier alpha value is -1.86. The van der Waals surface area contributed by atoms with Crippen LogP contribution in [0.25, 0.3) is 0 Å². The smallest absolute Gasteiger partial charge is 0.241 e. The maximum Gasteiger partial charge on any atom is 0.241 e. The Morgan fingerprint density at radius 3 is 2.55 bits per heavy atom. The molecule has 20 heavy (non-hydrogen) atoms. The average molecular weight is 271 g/mol. The predicted molar refractivity (Wildman–Crippen MR) is 79.3 cm³/mol. The molecule has 1 heterocycles. The fraction of sp³-hybridized carbons (Fsp3) is 0.500. The summed E-state index contributed by atoms with van der Waals surface area (Å²) < 4.78 is 0. The van der Waals surface area contributed by atoms with Crippen molar-refractivity contribution in [2.24, 2.45) is 0 Å². The van der Waals surface area contributed by atoms with E-state index in [0.717, 1.165) is 25.9 Å². The van der Waals surface area contributed by atoms with Crippen molar-refractivity contribution in [3.05, 3.63) is 29.8 Å². The summed E-state index contributed by atoms with van der Waals surface area (Å²) >= 11 is 0. The zero-order valence-corrected chi connectivity index (χ0v) is 11.9. The highest BCUT2D eigenvalue weighted by molar-refractivity contribution is 5.95. The highest BCUT2D eigenvalue weighted by Gasteiger charge is 2.22. The second-order valence-corrected chi connectivity index (χ2v) is 5.27. The van der Waals surface area contributed by atoms with Crippen LogP contribution in [0.1, 0.15) is 38.2 Å². The van der Waals surface area contributed by atoms with Crippen LogP contribution in [-0.2, 0) is 4.79 Å². The van der Waals surface area contributed by atoms with Crippen LogP contribution in [-0.4, -0.2) is 29.9 Å². The van der Waals surface area contributed by atoms with E-state index in [1.807, 2.05) is 13.0 Å². The van der Waals surface area contributed by atoms with Gasteiger partial charge in [0.1, 0.15) is 6.07 Å². The summed E-state index contributed by atoms with van der Waals surface area (Å²) in [6.45, 7) is 3.90. The van der Waals surface area contributed by atoms with Gasteiger partial charge in [-0.1, -0.05) is 25.0 Å². The lowest BCUT2D eigenvalue weighted by Crippen LogP contribution is -2.42. The van der Waals surface area contributed by atoms with E-state index in [0.29, 0.717) is 11.3 Å². The molecule has 1 fully saturated rings. The first-order valence-electron chi connectivity index (χ1n) is 7.26. The van der Waals surface area contributed by atoms with Crippen LogP contribution >= 0.6 is 0 Å². The maximum absolute atomic E-state index is 12.3. The van der Waals surface area contributed by atoms with E-state index in [-0.39, 0.29) is 11.9 Å². The van der Waals surface area contributed by atoms with Crippen LogP contribution in [0.3, 0.4) is 0 Å². The quantitative estimate of drug-likeness (QED) is 0.919. The molecule has 0 radical (unpaired) electrons. The van der Waals surface area contributed by atoms with Gasteiger partial charge in [0.25, 0.3) is 0 Å². The number of amides is 1. The molecule has 1 atom stereocenters. The molecule has 0 spiro atoms. The zero-order chi connectivity index (χ0) is 14.4. The molecule has 4 nitrogen and oxygen atoms in total. The van der Waals surface area contributed by atoms with Gasteiger partial charge in [0.15, 0.2) is 0 Å². The van der Waals surface area contributed by atoms with Gasteiger partial charge in [0, 0.05) is 0 Å². The van der Waals surface area contributed by atoms with Crippen molar-refractivity contribution in [1.29, 1.82) is 5.26 Å². The molecule has 2 rings (SSSR count). The van der Waals surface area contributed by atoms with Crippen molar-refractivity contribution in [3.63, 3.8) is 0 Å². The summed E-state index contributed by atoms with van der Waals surface area (Å²) in [7, 11) is 0. The SMILES string of the molecule is C[C@@H](C(=O)Nc1ccccc1C#N)N1CCCCCC1. The topological polar surface area (TPSA) is 56.1 Å². The van der Waals surface area contributed by atoms with Crippen LogP contribution in [0, 0.1) is 11.3 Å². The van der Waals surface area contributed by atoms with E-state index >= 15 is 0 Å². The lowest BCUT2D eigenvalue weighted by molar-refractivity contribution is -0.120. The summed E-state index contributed by atoms with van der Waals surface area (Å²) in [5.74, 6) is -0.0328. The third kappa shape index (κ3) is 3.58. The maximum atomic E-state index is 12.3. The van der Waals surface area contributed by atoms with Crippen molar-refractivity contribution in [3.8, 4) is 6.07 Å². The minimum absolute atomic E-state index is 0.0328. The predicted octanol–water partition coefficient (Wildman–Crippen LogP) is 2.76. The number of nitrogens with zero attached hydrogens (tertiary/aromatic N) is 2. The number of nitrogens with one attached hydrogen (secondary N) is 1. The third-order valence-corrected chi connectivity index (χ3v) is 3.87. The summed E-state index contributed by atoms with van der Waals surface area (Å²) in [6.07, 6.45) is 4.82. The van der Waals surface area contributed by atoms with E-state index in [2.05, 4.69) is 16.3 Å². The number of carbonyl (C=O) groups excluding carboxylic acids is 1. The van der Waals surface area contributed by atoms with Crippen molar-refractivity contribution in [2.45, 2.75) is 38.6 Å². The fourth-order valence-electron chi connectivity index (χ4n) is 2.58. The molecular formula is C16H21N3O. The van der Waals surface area contributed by atoms with E-state index in [1.165, 1.54) is 12.8 Å². The Bertz CT molecular complexity index is 499. The lowest BCUT2D eigenvalue weighted by atomic mass is 10.1. The largest absolute Gasteiger partial charge is 0.324 e. The van der Waals surface area contributed by atoms with E-state index in [4.69, 9.17) is 5.26 Å². The molecular weight excluding hydrogens is 250 g/mol. The molecule has 1 saturated heterocycles. The number of anilines is 1. The van der Waals surface area contributed by atoms with Crippen molar-refractivity contribution >= 4 is 11.6 Å². The molecule has 1 N–H and O–H groups in total. The van der Waals surface area contributed by atoms with Gasteiger partial charge in [-0.3, -0.25) is 9.69 Å². The number of benzene rings is 1. The third-order valence-electron chi connectivity index (χ3n) is 3.87. The second-order valence-electron chi connectivity index (χ2n) is 5.27. The van der Waals surface area contributed by atoms with Gasteiger partial charge in [-0.2, -0.15) is 5.26 Å². The fourth-order valence-corrected chi connectivity index (χ4v) is 2.58. The average Bonchev–Trinajstić information content (AvgIpc) is 2.76. The van der Waals surface area contributed by atoms with Gasteiger partial charge in [-0.15, -0.1) is 0 Å². The minimum atomic E-state index is -0.153. The molecule has 1 aromatic rings. The second kappa shape index (κ2) is 7.06. The zero-order valence-electron chi connectivity index (χ0n) is 11.9. The van der Waals surface area contributed by atoms with Gasteiger partial charge in [-0.25, -0.2) is 0 Å². The first-order chi connectivity index (χ1) is 9.72. The van der Waals surface area contributed by atoms with Crippen molar-refractivity contribution < 1.29 is 4.79 Å². The molecule has 0 aliphatic carbocycles. The number of rotatable bonds is 3. The number of hydrogen-bond acceptors (Lipinski definition) is 3. The lowest BCUT2D eigenvalue weighted by Gasteiger charge is -2.26. The van der Waals surface area contributed by atoms with Crippen LogP contribution in [0.2, 0.25) is 0 Å². The Morgan fingerprint density at radius 2 is 1.90 bits per heavy atom. The normalized spacial score (nSPS) is 17.8. The van der Waals surface area contributed by atoms with Crippen LogP contribution < -0.4 is 5.32 Å². The molecule has 1 aromatic carbocycles. The van der Waals surface area contributed by atoms with Crippen molar-refractivity contribution in [2.75, 3.05) is 18.4 Å². The number of nitriles is 1. The number of hydrogen-bond donors (Lipinski definition) is 1. The van der Waals surface area contributed by atoms with Gasteiger partial charge in [-0.05, 0) is 45.0 Å². The van der Waals surface area contributed by atoms with E-state index in [9.17, 15) is 4.79 Å². The van der Waals surface area contributed by atoms with E-state index in [1.54, 1.807) is 18.2 Å². The monoisotopic (exact) mass is 271 g/mol. The highest BCUT2D eigenvalue weighted by Crippen LogP contribution is 2.16. The molecule has 4 heteroatoms. The molecule has 0 saturated carbocycles. The van der Waals surface area contributed by atoms with Gasteiger partial charge >= 0.3 is 0 Å². The van der Waals surface area contributed by atoms with E-state index < -0.39 is 0 Å². The Morgan fingerprint density at radius 1 is 1.25 bits per heavy atom. The first kappa shape index (κ1) is 14.5. The summed E-state index contributed by atoms with van der Waals surface area (Å²) in [5, 5.41) is 11.9.